The molecular formula is C13H18N4O. The van der Waals surface area contributed by atoms with Crippen molar-refractivity contribution < 1.29 is 4.74 Å². The Hall–Kier alpha value is -1.67. The van der Waals surface area contributed by atoms with E-state index in [-0.39, 0.29) is 17.1 Å². The molecule has 1 heterocycles. The summed E-state index contributed by atoms with van der Waals surface area (Å²) in [5.74, 6) is 0.552. The van der Waals surface area contributed by atoms with E-state index in [4.69, 9.17) is 10.00 Å². The molecule has 96 valence electrons. The summed E-state index contributed by atoms with van der Waals surface area (Å²) in [6.45, 7) is 6.41. The SMILES string of the molecule is CO[C@@]1(C)C[C@@H](Nc2nccnc2C#N)C1(C)C. The molecule has 0 amide bonds. The molecule has 1 aromatic heterocycles. The third kappa shape index (κ3) is 1.73. The van der Waals surface area contributed by atoms with Crippen LogP contribution in [0.4, 0.5) is 5.82 Å². The van der Waals surface area contributed by atoms with Crippen LogP contribution in [0.15, 0.2) is 12.4 Å². The molecule has 0 bridgehead atoms. The first-order chi connectivity index (χ1) is 8.44. The number of aromatic nitrogens is 2. The maximum Gasteiger partial charge on any atom is 0.182 e. The topological polar surface area (TPSA) is 70.8 Å². The quantitative estimate of drug-likeness (QED) is 0.882. The molecule has 5 nitrogen and oxygen atoms in total. The first kappa shape index (κ1) is 12.8. The van der Waals surface area contributed by atoms with Crippen molar-refractivity contribution in [2.75, 3.05) is 12.4 Å². The van der Waals surface area contributed by atoms with Crippen molar-refractivity contribution in [2.45, 2.75) is 38.8 Å². The Kier molecular flexibility index (Phi) is 2.99. The highest BCUT2D eigenvalue weighted by atomic mass is 16.5. The van der Waals surface area contributed by atoms with E-state index in [0.717, 1.165) is 6.42 Å². The largest absolute Gasteiger partial charge is 0.378 e. The molecule has 1 saturated carbocycles. The van der Waals surface area contributed by atoms with E-state index in [1.165, 1.54) is 6.20 Å². The lowest BCUT2D eigenvalue weighted by Gasteiger charge is -2.59. The average molecular weight is 246 g/mol. The van der Waals surface area contributed by atoms with Crippen LogP contribution in [-0.2, 0) is 4.74 Å². The zero-order valence-corrected chi connectivity index (χ0v) is 11.2. The predicted octanol–water partition coefficient (Wildman–Crippen LogP) is 1.96. The number of rotatable bonds is 3. The molecule has 1 aliphatic carbocycles. The van der Waals surface area contributed by atoms with Gasteiger partial charge in [-0.3, -0.25) is 0 Å². The molecule has 0 aliphatic heterocycles. The van der Waals surface area contributed by atoms with Crippen LogP contribution in [0.2, 0.25) is 0 Å². The number of methoxy groups -OCH3 is 1. The second-order valence-electron chi connectivity index (χ2n) is 5.42. The molecule has 2 atom stereocenters. The van der Waals surface area contributed by atoms with Crippen LogP contribution in [0.1, 0.15) is 32.9 Å². The summed E-state index contributed by atoms with van der Waals surface area (Å²) in [5.41, 5.74) is 0.172. The van der Waals surface area contributed by atoms with Crippen molar-refractivity contribution in [3.63, 3.8) is 0 Å². The molecule has 0 aromatic carbocycles. The predicted molar refractivity (Wildman–Crippen MR) is 68.0 cm³/mol. The van der Waals surface area contributed by atoms with Crippen LogP contribution in [0.5, 0.6) is 0 Å². The minimum absolute atomic E-state index is 0.0218. The van der Waals surface area contributed by atoms with Crippen molar-refractivity contribution in [1.82, 2.24) is 9.97 Å². The van der Waals surface area contributed by atoms with Crippen molar-refractivity contribution in [3.8, 4) is 6.07 Å². The fourth-order valence-electron chi connectivity index (χ4n) is 2.41. The Morgan fingerprint density at radius 1 is 1.39 bits per heavy atom. The molecule has 5 heteroatoms. The highest BCUT2D eigenvalue weighted by Gasteiger charge is 2.57. The first-order valence-corrected chi connectivity index (χ1v) is 5.97. The Labute approximate surface area is 107 Å². The van der Waals surface area contributed by atoms with E-state index in [1.807, 2.05) is 6.07 Å². The van der Waals surface area contributed by atoms with Gasteiger partial charge in [-0.05, 0) is 13.3 Å². The van der Waals surface area contributed by atoms with Crippen molar-refractivity contribution in [1.29, 1.82) is 5.26 Å². The summed E-state index contributed by atoms with van der Waals surface area (Å²) in [7, 11) is 1.74. The molecule has 0 spiro atoms. The lowest BCUT2D eigenvalue weighted by Crippen LogP contribution is -2.65. The van der Waals surface area contributed by atoms with E-state index in [1.54, 1.807) is 13.3 Å². The number of ether oxygens (including phenoxy) is 1. The number of nitrogens with zero attached hydrogens (tertiary/aromatic N) is 3. The zero-order chi connectivity index (χ0) is 13.4. The van der Waals surface area contributed by atoms with Crippen LogP contribution in [0.25, 0.3) is 0 Å². The number of hydrogen-bond acceptors (Lipinski definition) is 5. The molecule has 1 aromatic rings. The summed E-state index contributed by atoms with van der Waals surface area (Å²) < 4.78 is 5.57. The van der Waals surface area contributed by atoms with Crippen LogP contribution in [0.3, 0.4) is 0 Å². The van der Waals surface area contributed by atoms with Gasteiger partial charge in [0.25, 0.3) is 0 Å². The van der Waals surface area contributed by atoms with Gasteiger partial charge in [0, 0.05) is 31.0 Å². The van der Waals surface area contributed by atoms with Crippen LogP contribution in [-0.4, -0.2) is 28.7 Å². The van der Waals surface area contributed by atoms with Gasteiger partial charge in [-0.15, -0.1) is 0 Å². The van der Waals surface area contributed by atoms with E-state index in [2.05, 4.69) is 36.1 Å². The number of nitrogens with one attached hydrogen (secondary N) is 1. The molecule has 2 rings (SSSR count). The van der Waals surface area contributed by atoms with Crippen LogP contribution >= 0.6 is 0 Å². The van der Waals surface area contributed by atoms with E-state index in [9.17, 15) is 0 Å². The zero-order valence-electron chi connectivity index (χ0n) is 11.2. The van der Waals surface area contributed by atoms with Gasteiger partial charge >= 0.3 is 0 Å². The third-order valence-corrected chi connectivity index (χ3v) is 4.39. The monoisotopic (exact) mass is 246 g/mol. The van der Waals surface area contributed by atoms with Gasteiger partial charge in [-0.2, -0.15) is 5.26 Å². The lowest BCUT2D eigenvalue weighted by molar-refractivity contribution is -0.166. The van der Waals surface area contributed by atoms with Gasteiger partial charge in [0.15, 0.2) is 11.5 Å². The highest BCUT2D eigenvalue weighted by Crippen LogP contribution is 2.52. The molecule has 1 N–H and O–H groups in total. The highest BCUT2D eigenvalue weighted by molar-refractivity contribution is 5.48. The minimum Gasteiger partial charge on any atom is -0.378 e. The van der Waals surface area contributed by atoms with Gasteiger partial charge < -0.3 is 10.1 Å². The fourth-order valence-corrected chi connectivity index (χ4v) is 2.41. The van der Waals surface area contributed by atoms with Gasteiger partial charge in [-0.1, -0.05) is 13.8 Å². The lowest BCUT2D eigenvalue weighted by atomic mass is 9.56. The summed E-state index contributed by atoms with van der Waals surface area (Å²) in [4.78, 5) is 8.17. The summed E-state index contributed by atoms with van der Waals surface area (Å²) >= 11 is 0. The Morgan fingerprint density at radius 3 is 2.61 bits per heavy atom. The molecular weight excluding hydrogens is 228 g/mol. The third-order valence-electron chi connectivity index (χ3n) is 4.39. The fraction of sp³-hybridized carbons (Fsp3) is 0.615. The second kappa shape index (κ2) is 4.21. The summed E-state index contributed by atoms with van der Waals surface area (Å²) in [5, 5.41) is 12.3. The van der Waals surface area contributed by atoms with Crippen molar-refractivity contribution in [2.24, 2.45) is 5.41 Å². The molecule has 18 heavy (non-hydrogen) atoms. The number of nitriles is 1. The van der Waals surface area contributed by atoms with E-state index in [0.29, 0.717) is 11.5 Å². The van der Waals surface area contributed by atoms with Gasteiger partial charge in [0.05, 0.1) is 5.60 Å². The van der Waals surface area contributed by atoms with Gasteiger partial charge in [0.2, 0.25) is 0 Å². The molecule has 0 unspecified atom stereocenters. The van der Waals surface area contributed by atoms with E-state index < -0.39 is 0 Å². The first-order valence-electron chi connectivity index (χ1n) is 5.97. The number of hydrogen-bond donors (Lipinski definition) is 1. The molecule has 1 aliphatic rings. The van der Waals surface area contributed by atoms with Crippen LogP contribution in [0, 0.1) is 16.7 Å². The van der Waals surface area contributed by atoms with E-state index >= 15 is 0 Å². The van der Waals surface area contributed by atoms with Gasteiger partial charge in [0.1, 0.15) is 6.07 Å². The molecule has 0 radical (unpaired) electrons. The summed E-state index contributed by atoms with van der Waals surface area (Å²) in [6, 6.07) is 2.27. The number of anilines is 1. The van der Waals surface area contributed by atoms with Crippen molar-refractivity contribution >= 4 is 5.82 Å². The minimum atomic E-state index is -0.139. The Morgan fingerprint density at radius 2 is 2.06 bits per heavy atom. The standard InChI is InChI=1S/C13H18N4O/c1-12(2)10(7-13(12,3)18-4)17-11-9(8-14)15-5-6-16-11/h5-6,10H,7H2,1-4H3,(H,16,17)/t10-,13+/m1/s1. The second-order valence-corrected chi connectivity index (χ2v) is 5.42. The molecule has 0 saturated heterocycles. The molecule has 1 fully saturated rings. The normalized spacial score (nSPS) is 29.2. The Bertz CT molecular complexity index is 494. The summed E-state index contributed by atoms with van der Waals surface area (Å²) in [6.07, 6.45) is 4.00. The van der Waals surface area contributed by atoms with Crippen molar-refractivity contribution in [3.05, 3.63) is 18.1 Å². The van der Waals surface area contributed by atoms with Gasteiger partial charge in [-0.25, -0.2) is 9.97 Å². The maximum absolute atomic E-state index is 8.98. The Balaban J connectivity index is 2.16. The average Bonchev–Trinajstić information content (AvgIpc) is 2.38. The maximum atomic E-state index is 8.98. The van der Waals surface area contributed by atoms with Crippen LogP contribution < -0.4 is 5.32 Å². The smallest absolute Gasteiger partial charge is 0.182 e.